The summed E-state index contributed by atoms with van der Waals surface area (Å²) in [6.45, 7) is 0. The average molecular weight is 295 g/mol. The van der Waals surface area contributed by atoms with Gasteiger partial charge in [0.15, 0.2) is 0 Å². The van der Waals surface area contributed by atoms with Crippen molar-refractivity contribution in [3.63, 3.8) is 0 Å². The quantitative estimate of drug-likeness (QED) is 0.640. The van der Waals surface area contributed by atoms with Gasteiger partial charge in [-0.25, -0.2) is 9.29 Å². The number of nitrogen functional groups attached to an aromatic ring is 1. The van der Waals surface area contributed by atoms with E-state index in [-0.39, 0.29) is 16.4 Å². The summed E-state index contributed by atoms with van der Waals surface area (Å²) in [6, 6.07) is 2.25. The molecule has 1 aliphatic heterocycles. The van der Waals surface area contributed by atoms with Crippen molar-refractivity contribution in [2.75, 3.05) is 10.6 Å². The summed E-state index contributed by atoms with van der Waals surface area (Å²) in [7, 11) is 0. The first-order chi connectivity index (χ1) is 9.50. The predicted octanol–water partition coefficient (Wildman–Crippen LogP) is 2.81. The van der Waals surface area contributed by atoms with Crippen LogP contribution in [0.1, 0.15) is 25.7 Å². The predicted molar refractivity (Wildman–Crippen MR) is 73.8 cm³/mol. The molecule has 0 bridgehead atoms. The summed E-state index contributed by atoms with van der Waals surface area (Å²) in [4.78, 5) is 25.5. The van der Waals surface area contributed by atoms with Crippen LogP contribution in [0.4, 0.5) is 15.8 Å². The van der Waals surface area contributed by atoms with Crippen molar-refractivity contribution < 1.29 is 14.0 Å². The molecule has 20 heavy (non-hydrogen) atoms. The first-order valence-electron chi connectivity index (χ1n) is 6.36. The zero-order valence-corrected chi connectivity index (χ0v) is 11.3. The molecule has 1 heterocycles. The Bertz CT molecular complexity index is 641. The maximum absolute atomic E-state index is 14.0. The minimum atomic E-state index is -0.731. The maximum atomic E-state index is 14.0. The summed E-state index contributed by atoms with van der Waals surface area (Å²) < 4.78 is 14.0. The molecule has 0 fully saturated rings. The number of carbonyl (C=O) groups excluding carboxylic acids is 2. The summed E-state index contributed by atoms with van der Waals surface area (Å²) in [5.74, 6) is -1.61. The lowest BCUT2D eigenvalue weighted by Crippen LogP contribution is -2.32. The zero-order chi connectivity index (χ0) is 14.4. The Kier molecular flexibility index (Phi) is 3.01. The van der Waals surface area contributed by atoms with Gasteiger partial charge < -0.3 is 5.73 Å². The van der Waals surface area contributed by atoms with E-state index in [9.17, 15) is 14.0 Å². The van der Waals surface area contributed by atoms with Gasteiger partial charge in [-0.1, -0.05) is 11.6 Å². The molecule has 4 nitrogen and oxygen atoms in total. The number of amides is 2. The highest BCUT2D eigenvalue weighted by Crippen LogP contribution is 2.38. The smallest absolute Gasteiger partial charge is 0.261 e. The fourth-order valence-corrected chi connectivity index (χ4v) is 2.83. The standard InChI is InChI=1S/C14H12ClFN2O2/c15-9-5-10(16)12(6-11(9)17)18-13(19)7-3-1-2-4-8(7)14(18)20/h5-6H,1-4,17H2. The molecule has 0 atom stereocenters. The summed E-state index contributed by atoms with van der Waals surface area (Å²) in [6.07, 6.45) is 2.88. The van der Waals surface area contributed by atoms with Crippen molar-refractivity contribution >= 4 is 34.8 Å². The van der Waals surface area contributed by atoms with E-state index in [0.717, 1.165) is 23.8 Å². The van der Waals surface area contributed by atoms with Crippen LogP contribution in [0.15, 0.2) is 23.3 Å². The largest absolute Gasteiger partial charge is 0.397 e. The van der Waals surface area contributed by atoms with Crippen LogP contribution in [-0.2, 0) is 9.59 Å². The van der Waals surface area contributed by atoms with Crippen molar-refractivity contribution in [2.45, 2.75) is 25.7 Å². The monoisotopic (exact) mass is 294 g/mol. The van der Waals surface area contributed by atoms with E-state index in [2.05, 4.69) is 0 Å². The molecule has 1 aromatic carbocycles. The minimum Gasteiger partial charge on any atom is -0.397 e. The zero-order valence-electron chi connectivity index (χ0n) is 10.6. The lowest BCUT2D eigenvalue weighted by Gasteiger charge is -2.16. The third kappa shape index (κ3) is 1.81. The number of hydrogen-bond acceptors (Lipinski definition) is 3. The Hall–Kier alpha value is -1.88. The summed E-state index contributed by atoms with van der Waals surface area (Å²) in [5.41, 5.74) is 6.65. The molecule has 0 spiro atoms. The van der Waals surface area contributed by atoms with Crippen LogP contribution in [-0.4, -0.2) is 11.8 Å². The van der Waals surface area contributed by atoms with Gasteiger partial charge in [-0.3, -0.25) is 9.59 Å². The maximum Gasteiger partial charge on any atom is 0.261 e. The van der Waals surface area contributed by atoms with E-state index in [4.69, 9.17) is 17.3 Å². The third-order valence-electron chi connectivity index (χ3n) is 3.70. The SMILES string of the molecule is Nc1cc(N2C(=O)C3=C(CCCC3)C2=O)c(F)cc1Cl. The fourth-order valence-electron chi connectivity index (χ4n) is 2.68. The number of benzene rings is 1. The lowest BCUT2D eigenvalue weighted by molar-refractivity contribution is -0.120. The normalized spacial score (nSPS) is 18.8. The van der Waals surface area contributed by atoms with Crippen molar-refractivity contribution in [1.29, 1.82) is 0 Å². The van der Waals surface area contributed by atoms with Gasteiger partial charge >= 0.3 is 0 Å². The highest BCUT2D eigenvalue weighted by atomic mass is 35.5. The Morgan fingerprint density at radius 3 is 2.20 bits per heavy atom. The van der Waals surface area contributed by atoms with Gasteiger partial charge in [-0.15, -0.1) is 0 Å². The summed E-state index contributed by atoms with van der Waals surface area (Å²) in [5, 5.41) is 0.0584. The molecule has 0 unspecified atom stereocenters. The Balaban J connectivity index is 2.07. The van der Waals surface area contributed by atoms with E-state index < -0.39 is 17.6 Å². The van der Waals surface area contributed by atoms with Gasteiger partial charge in [0.2, 0.25) is 0 Å². The van der Waals surface area contributed by atoms with Crippen LogP contribution in [0.2, 0.25) is 5.02 Å². The fraction of sp³-hybridized carbons (Fsp3) is 0.286. The molecule has 1 aliphatic carbocycles. The molecule has 2 amide bonds. The van der Waals surface area contributed by atoms with E-state index in [1.807, 2.05) is 0 Å². The second-order valence-corrected chi connectivity index (χ2v) is 5.34. The molecular weight excluding hydrogens is 283 g/mol. The van der Waals surface area contributed by atoms with Gasteiger partial charge in [0.05, 0.1) is 16.4 Å². The number of carbonyl (C=O) groups is 2. The van der Waals surface area contributed by atoms with E-state index >= 15 is 0 Å². The number of anilines is 2. The van der Waals surface area contributed by atoms with Crippen LogP contribution >= 0.6 is 11.6 Å². The van der Waals surface area contributed by atoms with Gasteiger partial charge in [0.25, 0.3) is 11.8 Å². The Morgan fingerprint density at radius 2 is 1.65 bits per heavy atom. The molecule has 6 heteroatoms. The second-order valence-electron chi connectivity index (χ2n) is 4.94. The minimum absolute atomic E-state index is 0.0584. The van der Waals surface area contributed by atoms with Crippen LogP contribution in [0, 0.1) is 5.82 Å². The van der Waals surface area contributed by atoms with Crippen LogP contribution in [0.5, 0.6) is 0 Å². The number of halogens is 2. The number of hydrogen-bond donors (Lipinski definition) is 1. The molecule has 0 saturated heterocycles. The highest BCUT2D eigenvalue weighted by molar-refractivity contribution is 6.35. The number of nitrogens with zero attached hydrogens (tertiary/aromatic N) is 1. The van der Waals surface area contributed by atoms with E-state index in [1.54, 1.807) is 0 Å². The summed E-state index contributed by atoms with van der Waals surface area (Å²) >= 11 is 5.72. The van der Waals surface area contributed by atoms with Gasteiger partial charge in [0, 0.05) is 11.1 Å². The second kappa shape index (κ2) is 4.59. The number of imide groups is 1. The van der Waals surface area contributed by atoms with Crippen LogP contribution < -0.4 is 10.6 Å². The Labute approximate surface area is 120 Å². The van der Waals surface area contributed by atoms with Crippen LogP contribution in [0.3, 0.4) is 0 Å². The Morgan fingerprint density at radius 1 is 1.10 bits per heavy atom. The van der Waals surface area contributed by atoms with Gasteiger partial charge in [0.1, 0.15) is 5.82 Å². The molecule has 0 saturated carbocycles. The van der Waals surface area contributed by atoms with Crippen molar-refractivity contribution in [2.24, 2.45) is 0 Å². The van der Waals surface area contributed by atoms with Gasteiger partial charge in [-0.2, -0.15) is 0 Å². The topological polar surface area (TPSA) is 63.4 Å². The average Bonchev–Trinajstić information content (AvgIpc) is 2.68. The molecule has 0 aromatic heterocycles. The number of nitrogens with two attached hydrogens (primary N) is 1. The van der Waals surface area contributed by atoms with Crippen molar-refractivity contribution in [3.05, 3.63) is 34.1 Å². The van der Waals surface area contributed by atoms with Crippen LogP contribution in [0.25, 0.3) is 0 Å². The van der Waals surface area contributed by atoms with Gasteiger partial charge in [-0.05, 0) is 37.8 Å². The molecule has 1 aromatic rings. The molecule has 2 N–H and O–H groups in total. The molecule has 0 radical (unpaired) electrons. The highest BCUT2D eigenvalue weighted by Gasteiger charge is 2.40. The van der Waals surface area contributed by atoms with E-state index in [0.29, 0.717) is 24.0 Å². The molecule has 104 valence electrons. The third-order valence-corrected chi connectivity index (χ3v) is 4.02. The van der Waals surface area contributed by atoms with Crippen molar-refractivity contribution in [3.8, 4) is 0 Å². The number of rotatable bonds is 1. The molecule has 2 aliphatic rings. The molecular formula is C14H12ClFN2O2. The molecule has 3 rings (SSSR count). The first kappa shape index (κ1) is 13.1. The van der Waals surface area contributed by atoms with E-state index in [1.165, 1.54) is 6.07 Å². The lowest BCUT2D eigenvalue weighted by atomic mass is 9.93. The van der Waals surface area contributed by atoms with Crippen molar-refractivity contribution in [1.82, 2.24) is 0 Å². The first-order valence-corrected chi connectivity index (χ1v) is 6.74.